The minimum Gasteiger partial charge on any atom is -0.329 e. The number of aliphatic imine (C=N–C) groups is 1. The summed E-state index contributed by atoms with van der Waals surface area (Å²) in [7, 11) is 0. The summed E-state index contributed by atoms with van der Waals surface area (Å²) in [6, 6.07) is 9.77. The molecule has 0 aliphatic heterocycles. The Balaban J connectivity index is 1.73. The Morgan fingerprint density at radius 1 is 1.04 bits per heavy atom. The summed E-state index contributed by atoms with van der Waals surface area (Å²) in [6.45, 7) is 5.30. The Kier molecular flexibility index (Phi) is 5.26. The summed E-state index contributed by atoms with van der Waals surface area (Å²) >= 11 is 0. The Bertz CT molecular complexity index is 979. The molecule has 0 amide bonds. The lowest BCUT2D eigenvalue weighted by atomic mass is 10.1. The molecule has 7 heteroatoms. The van der Waals surface area contributed by atoms with Gasteiger partial charge in [0.1, 0.15) is 23.3 Å². The zero-order valence-corrected chi connectivity index (χ0v) is 15.1. The maximum absolute atomic E-state index is 7.42. The van der Waals surface area contributed by atoms with Gasteiger partial charge in [-0.3, -0.25) is 15.4 Å². The van der Waals surface area contributed by atoms with Gasteiger partial charge in [-0.2, -0.15) is 0 Å². The Morgan fingerprint density at radius 2 is 1.85 bits per heavy atom. The molecule has 132 valence electrons. The highest BCUT2D eigenvalue weighted by molar-refractivity contribution is 6.00. The second kappa shape index (κ2) is 7.77. The van der Waals surface area contributed by atoms with Crippen LogP contribution in [0.4, 0.5) is 5.82 Å². The summed E-state index contributed by atoms with van der Waals surface area (Å²) in [4.78, 5) is 21.9. The van der Waals surface area contributed by atoms with E-state index in [1.54, 1.807) is 13.1 Å². The number of amidine groups is 2. The first-order valence-corrected chi connectivity index (χ1v) is 8.42. The normalized spacial score (nSPS) is 11.6. The molecule has 0 unspecified atom stereocenters. The van der Waals surface area contributed by atoms with E-state index in [4.69, 9.17) is 5.41 Å². The van der Waals surface area contributed by atoms with Gasteiger partial charge < -0.3 is 5.32 Å². The van der Waals surface area contributed by atoms with Crippen molar-refractivity contribution in [1.29, 1.82) is 5.41 Å². The van der Waals surface area contributed by atoms with Gasteiger partial charge in [0, 0.05) is 23.7 Å². The lowest BCUT2D eigenvalue weighted by molar-refractivity contribution is 0.862. The molecule has 3 heterocycles. The number of aryl methyl sites for hydroxylation is 3. The molecule has 0 spiro atoms. The van der Waals surface area contributed by atoms with Crippen LogP contribution in [0.5, 0.6) is 0 Å². The Morgan fingerprint density at radius 3 is 2.65 bits per heavy atom. The number of nitrogens with one attached hydrogen (secondary N) is 2. The van der Waals surface area contributed by atoms with E-state index in [0.717, 1.165) is 35.3 Å². The summed E-state index contributed by atoms with van der Waals surface area (Å²) in [6.07, 6.45) is 3.32. The van der Waals surface area contributed by atoms with Crippen molar-refractivity contribution in [2.45, 2.75) is 33.6 Å². The van der Waals surface area contributed by atoms with E-state index in [0.29, 0.717) is 17.5 Å². The highest BCUT2D eigenvalue weighted by atomic mass is 15.1. The molecule has 3 rings (SSSR count). The van der Waals surface area contributed by atoms with Crippen molar-refractivity contribution in [1.82, 2.24) is 19.9 Å². The van der Waals surface area contributed by atoms with Crippen LogP contribution < -0.4 is 5.32 Å². The van der Waals surface area contributed by atoms with Crippen molar-refractivity contribution in [2.75, 3.05) is 5.32 Å². The zero-order chi connectivity index (χ0) is 18.5. The van der Waals surface area contributed by atoms with Gasteiger partial charge in [0.15, 0.2) is 0 Å². The van der Waals surface area contributed by atoms with Gasteiger partial charge >= 0.3 is 0 Å². The quantitative estimate of drug-likeness (QED) is 0.557. The van der Waals surface area contributed by atoms with Crippen LogP contribution in [0.3, 0.4) is 0 Å². The molecular weight excluding hydrogens is 326 g/mol. The fourth-order valence-corrected chi connectivity index (χ4v) is 2.68. The Labute approximate surface area is 152 Å². The van der Waals surface area contributed by atoms with Crippen molar-refractivity contribution >= 4 is 28.5 Å². The Hall–Kier alpha value is -3.22. The highest BCUT2D eigenvalue weighted by Crippen LogP contribution is 2.13. The molecule has 3 aromatic heterocycles. The third-order valence-electron chi connectivity index (χ3n) is 3.69. The predicted octanol–water partition coefficient (Wildman–Crippen LogP) is 3.34. The lowest BCUT2D eigenvalue weighted by Crippen LogP contribution is -2.12. The van der Waals surface area contributed by atoms with Crippen LogP contribution in [0.25, 0.3) is 11.0 Å². The van der Waals surface area contributed by atoms with Crippen LogP contribution >= 0.6 is 0 Å². The van der Waals surface area contributed by atoms with Gasteiger partial charge in [-0.1, -0.05) is 0 Å². The maximum atomic E-state index is 7.42. The molecule has 0 saturated heterocycles. The first-order valence-electron chi connectivity index (χ1n) is 8.42. The number of rotatable bonds is 4. The van der Waals surface area contributed by atoms with Crippen LogP contribution in [0, 0.1) is 12.3 Å². The molecule has 0 bridgehead atoms. The van der Waals surface area contributed by atoms with Gasteiger partial charge in [0.05, 0.1) is 11.0 Å². The van der Waals surface area contributed by atoms with E-state index in [1.807, 2.05) is 44.2 Å². The number of anilines is 1. The smallest absolute Gasteiger partial charge is 0.135 e. The van der Waals surface area contributed by atoms with Gasteiger partial charge in [0.2, 0.25) is 0 Å². The van der Waals surface area contributed by atoms with Crippen molar-refractivity contribution in [2.24, 2.45) is 4.99 Å². The topological polar surface area (TPSA) is 99.8 Å². The van der Waals surface area contributed by atoms with Crippen LogP contribution in [-0.2, 0) is 12.8 Å². The monoisotopic (exact) mass is 347 g/mol. The average molecular weight is 347 g/mol. The maximum Gasteiger partial charge on any atom is 0.135 e. The molecule has 26 heavy (non-hydrogen) atoms. The van der Waals surface area contributed by atoms with E-state index in [1.165, 1.54) is 0 Å². The molecule has 7 nitrogen and oxygen atoms in total. The summed E-state index contributed by atoms with van der Waals surface area (Å²) in [5.74, 6) is 2.26. The summed E-state index contributed by atoms with van der Waals surface area (Å²) in [5, 5.41) is 10.5. The van der Waals surface area contributed by atoms with Crippen molar-refractivity contribution < 1.29 is 0 Å². The molecule has 2 N–H and O–H groups in total. The molecule has 0 atom stereocenters. The van der Waals surface area contributed by atoms with E-state index in [2.05, 4.69) is 30.2 Å². The summed E-state index contributed by atoms with van der Waals surface area (Å²) in [5.41, 5.74) is 3.75. The largest absolute Gasteiger partial charge is 0.329 e. The first kappa shape index (κ1) is 17.6. The molecule has 0 fully saturated rings. The third-order valence-corrected chi connectivity index (χ3v) is 3.69. The van der Waals surface area contributed by atoms with E-state index >= 15 is 0 Å². The standard InChI is InChI=1S/C19H21N7/c1-12(20)22-13(2)24-19-11-16(23-14(3)25-19)7-6-15-8-9-17-18(26-15)5-4-10-21-17/h4-5,8-11H,6-7H2,1-3H3,(H2,20,22,23,24,25). The van der Waals surface area contributed by atoms with Crippen LogP contribution in [0.2, 0.25) is 0 Å². The fraction of sp³-hybridized carbons (Fsp3) is 0.263. The van der Waals surface area contributed by atoms with E-state index in [9.17, 15) is 0 Å². The minimum absolute atomic E-state index is 0.248. The molecule has 0 aromatic carbocycles. The molecule has 3 aromatic rings. The highest BCUT2D eigenvalue weighted by Gasteiger charge is 2.05. The number of nitrogens with zero attached hydrogens (tertiary/aromatic N) is 5. The van der Waals surface area contributed by atoms with Crippen molar-refractivity contribution in [3.63, 3.8) is 0 Å². The molecule has 0 saturated carbocycles. The second-order valence-corrected chi connectivity index (χ2v) is 6.04. The first-order chi connectivity index (χ1) is 12.5. The van der Waals surface area contributed by atoms with Crippen LogP contribution in [0.1, 0.15) is 31.1 Å². The number of pyridine rings is 2. The molecule has 0 aliphatic rings. The van der Waals surface area contributed by atoms with Gasteiger partial charge in [0.25, 0.3) is 0 Å². The second-order valence-electron chi connectivity index (χ2n) is 6.04. The molecule has 0 aliphatic carbocycles. The third kappa shape index (κ3) is 4.66. The van der Waals surface area contributed by atoms with E-state index in [-0.39, 0.29) is 5.84 Å². The molecule has 0 radical (unpaired) electrons. The van der Waals surface area contributed by atoms with Crippen LogP contribution in [-0.4, -0.2) is 31.6 Å². The number of hydrogen-bond donors (Lipinski definition) is 2. The van der Waals surface area contributed by atoms with Gasteiger partial charge in [-0.05, 0) is 57.9 Å². The fourth-order valence-electron chi connectivity index (χ4n) is 2.68. The minimum atomic E-state index is 0.248. The van der Waals surface area contributed by atoms with Gasteiger partial charge in [-0.25, -0.2) is 15.0 Å². The van der Waals surface area contributed by atoms with Crippen molar-refractivity contribution in [3.05, 3.63) is 53.7 Å². The number of fused-ring (bicyclic) bond motifs is 1. The number of aromatic nitrogens is 4. The average Bonchev–Trinajstić information content (AvgIpc) is 2.58. The molecular formula is C19H21N7. The predicted molar refractivity (Wildman–Crippen MR) is 104 cm³/mol. The van der Waals surface area contributed by atoms with Gasteiger partial charge in [-0.15, -0.1) is 0 Å². The SMILES string of the molecule is CC(=N)/N=C(/C)Nc1cc(CCc2ccc3ncccc3n2)nc(C)n1. The lowest BCUT2D eigenvalue weighted by Gasteiger charge is -2.08. The number of hydrogen-bond acceptors (Lipinski definition) is 5. The van der Waals surface area contributed by atoms with Crippen molar-refractivity contribution in [3.8, 4) is 0 Å². The summed E-state index contributed by atoms with van der Waals surface area (Å²) < 4.78 is 0. The van der Waals surface area contributed by atoms with E-state index < -0.39 is 0 Å². The zero-order valence-electron chi connectivity index (χ0n) is 15.1. The van der Waals surface area contributed by atoms with Crippen LogP contribution in [0.15, 0.2) is 41.5 Å².